The zero-order chi connectivity index (χ0) is 19.1. The molecule has 5 rings (SSSR count). The van der Waals surface area contributed by atoms with Gasteiger partial charge in [0.2, 0.25) is 5.95 Å². The van der Waals surface area contributed by atoms with E-state index in [0.29, 0.717) is 18.2 Å². The third kappa shape index (κ3) is 3.05. The molecule has 0 fully saturated rings. The number of benzene rings is 1. The summed E-state index contributed by atoms with van der Waals surface area (Å²) in [7, 11) is 0. The Hall–Kier alpha value is -3.13. The van der Waals surface area contributed by atoms with E-state index in [1.165, 1.54) is 35.0 Å². The fourth-order valence-electron chi connectivity index (χ4n) is 3.46. The highest BCUT2D eigenvalue weighted by Crippen LogP contribution is 2.38. The molecule has 1 N–H and O–H groups in total. The summed E-state index contributed by atoms with van der Waals surface area (Å²) in [5.74, 6) is 0.596. The van der Waals surface area contributed by atoms with Gasteiger partial charge in [0.05, 0.1) is 11.9 Å². The lowest BCUT2D eigenvalue weighted by Gasteiger charge is -2.28. The Morgan fingerprint density at radius 3 is 2.71 bits per heavy atom. The lowest BCUT2D eigenvalue weighted by molar-refractivity contribution is 0.579. The van der Waals surface area contributed by atoms with Crippen molar-refractivity contribution in [3.8, 4) is 0 Å². The molecule has 4 heterocycles. The molecule has 0 saturated carbocycles. The maximum absolute atomic E-state index is 13.5. The number of halogens is 2. The molecule has 1 aliphatic heterocycles. The molecule has 4 aromatic rings. The molecule has 0 aliphatic carbocycles. The van der Waals surface area contributed by atoms with E-state index in [4.69, 9.17) is 0 Å². The molecule has 0 radical (unpaired) electrons. The van der Waals surface area contributed by atoms with Gasteiger partial charge in [0.15, 0.2) is 0 Å². The fraction of sp³-hybridized carbons (Fsp3) is 0.150. The van der Waals surface area contributed by atoms with Crippen molar-refractivity contribution in [2.75, 3.05) is 16.8 Å². The molecule has 0 saturated heterocycles. The summed E-state index contributed by atoms with van der Waals surface area (Å²) >= 11 is 1.62. The minimum absolute atomic E-state index is 0.280. The highest BCUT2D eigenvalue weighted by molar-refractivity contribution is 7.19. The molecular weight excluding hydrogens is 380 g/mol. The van der Waals surface area contributed by atoms with Gasteiger partial charge in [0.25, 0.3) is 0 Å². The molecule has 0 amide bonds. The highest BCUT2D eigenvalue weighted by atomic mass is 32.1. The molecule has 28 heavy (non-hydrogen) atoms. The SMILES string of the molecule is Fc1ccc(Nc2ncnc3sc4c(c23)CCN(c2cccc(F)n2)C4)cc1. The third-order valence-electron chi connectivity index (χ3n) is 4.77. The van der Waals surface area contributed by atoms with Crippen LogP contribution in [0.25, 0.3) is 10.2 Å². The molecule has 0 atom stereocenters. The number of hydrogen-bond donors (Lipinski definition) is 1. The van der Waals surface area contributed by atoms with Crippen LogP contribution in [0.1, 0.15) is 10.4 Å². The molecule has 3 aromatic heterocycles. The Kier molecular flexibility index (Phi) is 4.12. The zero-order valence-electron chi connectivity index (χ0n) is 14.7. The first-order valence-corrected chi connectivity index (χ1v) is 9.64. The largest absolute Gasteiger partial charge is 0.351 e. The average Bonchev–Trinajstić information content (AvgIpc) is 3.08. The van der Waals surface area contributed by atoms with Crippen LogP contribution in [0, 0.1) is 11.8 Å². The summed E-state index contributed by atoms with van der Waals surface area (Å²) in [4.78, 5) is 17.0. The van der Waals surface area contributed by atoms with Crippen molar-refractivity contribution in [3.63, 3.8) is 0 Å². The lowest BCUT2D eigenvalue weighted by Crippen LogP contribution is -2.30. The minimum Gasteiger partial charge on any atom is -0.351 e. The van der Waals surface area contributed by atoms with Gasteiger partial charge in [-0.1, -0.05) is 6.07 Å². The lowest BCUT2D eigenvalue weighted by atomic mass is 10.0. The van der Waals surface area contributed by atoms with E-state index in [1.54, 1.807) is 29.5 Å². The maximum atomic E-state index is 13.5. The fourth-order valence-corrected chi connectivity index (χ4v) is 4.66. The van der Waals surface area contributed by atoms with Crippen LogP contribution < -0.4 is 10.2 Å². The number of nitrogens with zero attached hydrogens (tertiary/aromatic N) is 4. The Balaban J connectivity index is 1.50. The van der Waals surface area contributed by atoms with Crippen LogP contribution in [0.5, 0.6) is 0 Å². The van der Waals surface area contributed by atoms with Gasteiger partial charge in [-0.2, -0.15) is 4.39 Å². The Morgan fingerprint density at radius 2 is 1.89 bits per heavy atom. The summed E-state index contributed by atoms with van der Waals surface area (Å²) in [6, 6.07) is 11.0. The van der Waals surface area contributed by atoms with Crippen LogP contribution >= 0.6 is 11.3 Å². The topological polar surface area (TPSA) is 53.9 Å². The summed E-state index contributed by atoms with van der Waals surface area (Å²) in [5, 5.41) is 4.27. The Bertz CT molecular complexity index is 1160. The van der Waals surface area contributed by atoms with Crippen molar-refractivity contribution >= 4 is 38.9 Å². The van der Waals surface area contributed by atoms with Gasteiger partial charge in [-0.05, 0) is 48.4 Å². The van der Waals surface area contributed by atoms with E-state index in [1.807, 2.05) is 6.07 Å². The van der Waals surface area contributed by atoms with Crippen molar-refractivity contribution in [3.05, 3.63) is 71.0 Å². The monoisotopic (exact) mass is 395 g/mol. The number of hydrogen-bond acceptors (Lipinski definition) is 6. The number of pyridine rings is 1. The molecular formula is C20H15F2N5S. The first-order valence-electron chi connectivity index (χ1n) is 8.83. The predicted molar refractivity (Wildman–Crippen MR) is 106 cm³/mol. The minimum atomic E-state index is -0.476. The van der Waals surface area contributed by atoms with Crippen LogP contribution in [0.4, 0.5) is 26.1 Å². The number of fused-ring (bicyclic) bond motifs is 3. The summed E-state index contributed by atoms with van der Waals surface area (Å²) < 4.78 is 26.7. The molecule has 5 nitrogen and oxygen atoms in total. The van der Waals surface area contributed by atoms with E-state index < -0.39 is 5.95 Å². The van der Waals surface area contributed by atoms with Crippen LogP contribution in [-0.2, 0) is 13.0 Å². The first kappa shape index (κ1) is 17.0. The standard InChI is InChI=1S/C20H15F2N5S/c21-12-4-6-13(7-5-12)25-19-18-14-8-9-27(17-3-1-2-16(22)26-17)10-15(14)28-20(18)24-11-23-19/h1-7,11H,8-10H2,(H,23,24,25). The molecule has 0 spiro atoms. The summed E-state index contributed by atoms with van der Waals surface area (Å²) in [6.45, 7) is 1.39. The quantitative estimate of drug-likeness (QED) is 0.511. The second kappa shape index (κ2) is 6.79. The third-order valence-corrected chi connectivity index (χ3v) is 5.89. The maximum Gasteiger partial charge on any atom is 0.214 e. The normalized spacial score (nSPS) is 13.6. The van der Waals surface area contributed by atoms with E-state index in [-0.39, 0.29) is 5.82 Å². The van der Waals surface area contributed by atoms with Crippen molar-refractivity contribution in [2.24, 2.45) is 0 Å². The summed E-state index contributed by atoms with van der Waals surface area (Å²) in [6.07, 6.45) is 2.32. The van der Waals surface area contributed by atoms with Gasteiger partial charge in [0.1, 0.15) is 28.6 Å². The van der Waals surface area contributed by atoms with E-state index in [0.717, 1.165) is 28.9 Å². The molecule has 1 aliphatic rings. The van der Waals surface area contributed by atoms with Crippen molar-refractivity contribution in [1.29, 1.82) is 0 Å². The molecule has 0 unspecified atom stereocenters. The van der Waals surface area contributed by atoms with Crippen LogP contribution in [0.15, 0.2) is 48.8 Å². The van der Waals surface area contributed by atoms with Gasteiger partial charge in [-0.25, -0.2) is 19.3 Å². The van der Waals surface area contributed by atoms with Gasteiger partial charge in [0, 0.05) is 17.1 Å². The molecule has 140 valence electrons. The average molecular weight is 395 g/mol. The zero-order valence-corrected chi connectivity index (χ0v) is 15.5. The second-order valence-electron chi connectivity index (χ2n) is 6.53. The van der Waals surface area contributed by atoms with E-state index in [9.17, 15) is 8.78 Å². The number of thiophene rings is 1. The van der Waals surface area contributed by atoms with Crippen LogP contribution in [0.2, 0.25) is 0 Å². The number of rotatable bonds is 3. The molecule has 1 aromatic carbocycles. The van der Waals surface area contributed by atoms with E-state index in [2.05, 4.69) is 25.2 Å². The highest BCUT2D eigenvalue weighted by Gasteiger charge is 2.24. The number of anilines is 3. The molecule has 0 bridgehead atoms. The first-order chi connectivity index (χ1) is 13.7. The Labute approximate surface area is 163 Å². The van der Waals surface area contributed by atoms with Gasteiger partial charge in [-0.15, -0.1) is 11.3 Å². The summed E-state index contributed by atoms with van der Waals surface area (Å²) in [5.41, 5.74) is 1.97. The van der Waals surface area contributed by atoms with Crippen molar-refractivity contribution in [2.45, 2.75) is 13.0 Å². The number of nitrogens with one attached hydrogen (secondary N) is 1. The Morgan fingerprint density at radius 1 is 1.04 bits per heavy atom. The predicted octanol–water partition coefficient (Wildman–Crippen LogP) is 4.67. The van der Waals surface area contributed by atoms with E-state index >= 15 is 0 Å². The van der Waals surface area contributed by atoms with Gasteiger partial charge < -0.3 is 10.2 Å². The van der Waals surface area contributed by atoms with Crippen LogP contribution in [-0.4, -0.2) is 21.5 Å². The van der Waals surface area contributed by atoms with Gasteiger partial charge in [-0.3, -0.25) is 0 Å². The van der Waals surface area contributed by atoms with Crippen molar-refractivity contribution in [1.82, 2.24) is 15.0 Å². The van der Waals surface area contributed by atoms with Crippen LogP contribution in [0.3, 0.4) is 0 Å². The van der Waals surface area contributed by atoms with Gasteiger partial charge >= 0.3 is 0 Å². The van der Waals surface area contributed by atoms with Crippen molar-refractivity contribution < 1.29 is 8.78 Å². The molecule has 8 heteroatoms. The smallest absolute Gasteiger partial charge is 0.214 e. The number of aromatic nitrogens is 3. The second-order valence-corrected chi connectivity index (χ2v) is 7.61.